The van der Waals surface area contributed by atoms with E-state index >= 15 is 0 Å². The summed E-state index contributed by atoms with van der Waals surface area (Å²) in [4.78, 5) is 28.6. The number of thiazole rings is 1. The lowest BCUT2D eigenvalue weighted by molar-refractivity contribution is 0.0900. The number of carbonyl (C=O) groups is 1. The van der Waals surface area contributed by atoms with Crippen molar-refractivity contribution >= 4 is 22.2 Å². The molecule has 0 unspecified atom stereocenters. The lowest BCUT2D eigenvalue weighted by Gasteiger charge is -2.35. The van der Waals surface area contributed by atoms with Crippen LogP contribution in [-0.2, 0) is 13.2 Å². The van der Waals surface area contributed by atoms with E-state index in [1.54, 1.807) is 16.0 Å². The second kappa shape index (κ2) is 6.61. The Labute approximate surface area is 152 Å². The normalized spacial score (nSPS) is 19.5. The lowest BCUT2D eigenvalue weighted by Crippen LogP contribution is -2.44. The minimum Gasteiger partial charge on any atom is -0.388 e. The molecule has 3 heterocycles. The Hall–Kier alpha value is -2.59. The van der Waals surface area contributed by atoms with Gasteiger partial charge in [0, 0.05) is 36.1 Å². The molecule has 136 valence electrons. The summed E-state index contributed by atoms with van der Waals surface area (Å²) < 4.78 is 3.54. The second-order valence-corrected chi connectivity index (χ2v) is 7.12. The number of hydrogen-bond acceptors (Lipinski definition) is 7. The molecule has 1 fully saturated rings. The minimum absolute atomic E-state index is 0.0182. The molecule has 0 aromatic carbocycles. The summed E-state index contributed by atoms with van der Waals surface area (Å²) in [6.45, 7) is 2.54. The third-order valence-corrected chi connectivity index (χ3v) is 5.46. The zero-order valence-electron chi connectivity index (χ0n) is 14.1. The van der Waals surface area contributed by atoms with Gasteiger partial charge in [0.1, 0.15) is 18.1 Å². The minimum atomic E-state index is -0.420. The van der Waals surface area contributed by atoms with Crippen LogP contribution in [-0.4, -0.2) is 41.2 Å². The fraction of sp³-hybridized carbons (Fsp3) is 0.438. The first kappa shape index (κ1) is 16.9. The van der Waals surface area contributed by atoms with Gasteiger partial charge in [0.05, 0.1) is 0 Å². The average molecular weight is 374 g/mol. The fourth-order valence-electron chi connectivity index (χ4n) is 3.34. The second-order valence-electron chi connectivity index (χ2n) is 6.25. The quantitative estimate of drug-likeness (QED) is 0.673. The first-order valence-corrected chi connectivity index (χ1v) is 9.29. The van der Waals surface area contributed by atoms with Crippen LogP contribution in [0.2, 0.25) is 0 Å². The highest BCUT2D eigenvalue weighted by Gasteiger charge is 2.35. The monoisotopic (exact) mass is 374 g/mol. The molecule has 3 aromatic rings. The third kappa shape index (κ3) is 2.80. The summed E-state index contributed by atoms with van der Waals surface area (Å²) in [5, 5.41) is 22.3. The van der Waals surface area contributed by atoms with Gasteiger partial charge in [-0.2, -0.15) is 4.98 Å². The summed E-state index contributed by atoms with van der Waals surface area (Å²) in [5.74, 6) is 1.33. The van der Waals surface area contributed by atoms with Crippen LogP contribution in [0.4, 0.5) is 0 Å². The number of amides is 1. The van der Waals surface area contributed by atoms with Crippen molar-refractivity contribution in [1.82, 2.24) is 29.5 Å². The summed E-state index contributed by atoms with van der Waals surface area (Å²) in [6, 6.07) is 1.27. The number of nitrogens with one attached hydrogen (secondary N) is 1. The average Bonchev–Trinajstić information content (AvgIpc) is 3.22. The van der Waals surface area contributed by atoms with E-state index < -0.39 is 5.56 Å². The highest BCUT2D eigenvalue weighted by atomic mass is 32.1. The first-order valence-electron chi connectivity index (χ1n) is 8.41. The summed E-state index contributed by atoms with van der Waals surface area (Å²) in [6.07, 6.45) is 3.23. The topological polar surface area (TPSA) is 114 Å². The predicted molar refractivity (Wildman–Crippen MR) is 94.2 cm³/mol. The summed E-state index contributed by atoms with van der Waals surface area (Å²) >= 11 is 1.31. The molecule has 1 aliphatic rings. The van der Waals surface area contributed by atoms with E-state index in [1.165, 1.54) is 17.4 Å². The number of aliphatic hydroxyl groups excluding tert-OH is 1. The van der Waals surface area contributed by atoms with Gasteiger partial charge in [0.25, 0.3) is 11.5 Å². The van der Waals surface area contributed by atoms with Crippen molar-refractivity contribution in [2.45, 2.75) is 44.9 Å². The molecule has 9 nitrogen and oxygen atoms in total. The van der Waals surface area contributed by atoms with Gasteiger partial charge in [0.2, 0.25) is 0 Å². The molecule has 3 aromatic heterocycles. The number of rotatable bonds is 5. The van der Waals surface area contributed by atoms with Crippen molar-refractivity contribution in [2.75, 3.05) is 0 Å². The largest absolute Gasteiger partial charge is 0.388 e. The van der Waals surface area contributed by atoms with E-state index in [-0.39, 0.29) is 24.5 Å². The number of nitrogens with zero attached hydrogens (tertiary/aromatic N) is 5. The van der Waals surface area contributed by atoms with Crippen molar-refractivity contribution in [2.24, 2.45) is 0 Å². The Morgan fingerprint density at radius 1 is 1.42 bits per heavy atom. The van der Waals surface area contributed by atoms with Crippen LogP contribution >= 0.6 is 11.3 Å². The van der Waals surface area contributed by atoms with Crippen molar-refractivity contribution in [3.8, 4) is 0 Å². The van der Waals surface area contributed by atoms with Crippen LogP contribution < -0.4 is 10.9 Å². The standard InChI is InChI=1S/C16H18N6O3S/c1-2-21-12(8-23)19-20-14(21)9-5-10(6-9)17-15(25)11-7-13(24)18-16-22(11)3-4-26-16/h3-4,7,9-10,23H,2,5-6,8H2,1H3,(H,17,25). The number of aliphatic hydroxyl groups is 1. The highest BCUT2D eigenvalue weighted by molar-refractivity contribution is 7.15. The molecule has 10 heteroatoms. The van der Waals surface area contributed by atoms with E-state index in [2.05, 4.69) is 20.5 Å². The van der Waals surface area contributed by atoms with Gasteiger partial charge in [-0.3, -0.25) is 14.0 Å². The molecule has 26 heavy (non-hydrogen) atoms. The molecule has 1 amide bonds. The smallest absolute Gasteiger partial charge is 0.274 e. The van der Waals surface area contributed by atoms with Crippen molar-refractivity contribution in [3.05, 3.63) is 45.3 Å². The van der Waals surface area contributed by atoms with Gasteiger partial charge < -0.3 is 15.0 Å². The molecule has 0 spiro atoms. The molecule has 2 N–H and O–H groups in total. The summed E-state index contributed by atoms with van der Waals surface area (Å²) in [7, 11) is 0. The van der Waals surface area contributed by atoms with Crippen LogP contribution in [0, 0.1) is 0 Å². The number of carbonyl (C=O) groups excluding carboxylic acids is 1. The van der Waals surface area contributed by atoms with Gasteiger partial charge in [-0.15, -0.1) is 21.5 Å². The molecular formula is C16H18N6O3S. The Kier molecular flexibility index (Phi) is 4.29. The SMILES string of the molecule is CCn1c(CO)nnc1C1CC(NC(=O)c2cc(=O)nc3sccn23)C1. The fourth-order valence-corrected chi connectivity index (χ4v) is 4.06. The molecule has 0 radical (unpaired) electrons. The highest BCUT2D eigenvalue weighted by Crippen LogP contribution is 2.36. The zero-order valence-corrected chi connectivity index (χ0v) is 14.9. The Bertz CT molecular complexity index is 1020. The molecule has 4 rings (SSSR count). The van der Waals surface area contributed by atoms with Crippen LogP contribution in [0.1, 0.15) is 47.8 Å². The number of fused-ring (bicyclic) bond motifs is 1. The summed E-state index contributed by atoms with van der Waals surface area (Å²) in [5.41, 5.74) is -0.124. The molecule has 0 saturated heterocycles. The van der Waals surface area contributed by atoms with Gasteiger partial charge in [-0.05, 0) is 19.8 Å². The Morgan fingerprint density at radius 2 is 2.23 bits per heavy atom. The van der Waals surface area contributed by atoms with Crippen molar-refractivity contribution < 1.29 is 9.90 Å². The van der Waals surface area contributed by atoms with Crippen LogP contribution in [0.15, 0.2) is 22.4 Å². The van der Waals surface area contributed by atoms with Gasteiger partial charge in [-0.1, -0.05) is 0 Å². The molecule has 0 aliphatic heterocycles. The number of hydrogen-bond donors (Lipinski definition) is 2. The van der Waals surface area contributed by atoms with E-state index in [1.807, 2.05) is 11.5 Å². The Balaban J connectivity index is 1.45. The maximum absolute atomic E-state index is 12.6. The van der Waals surface area contributed by atoms with Crippen molar-refractivity contribution in [1.29, 1.82) is 0 Å². The molecule has 1 aliphatic carbocycles. The van der Waals surface area contributed by atoms with Crippen molar-refractivity contribution in [3.63, 3.8) is 0 Å². The lowest BCUT2D eigenvalue weighted by atomic mass is 9.79. The predicted octanol–water partition coefficient (Wildman–Crippen LogP) is 0.536. The maximum Gasteiger partial charge on any atom is 0.274 e. The van der Waals surface area contributed by atoms with E-state index in [4.69, 9.17) is 0 Å². The first-order chi connectivity index (χ1) is 12.6. The van der Waals surface area contributed by atoms with E-state index in [9.17, 15) is 14.7 Å². The van der Waals surface area contributed by atoms with Gasteiger partial charge in [-0.25, -0.2) is 0 Å². The molecule has 1 saturated carbocycles. The third-order valence-electron chi connectivity index (χ3n) is 4.70. The maximum atomic E-state index is 12.6. The van der Waals surface area contributed by atoms with E-state index in [0.29, 0.717) is 23.0 Å². The van der Waals surface area contributed by atoms with Gasteiger partial charge in [0.15, 0.2) is 10.8 Å². The van der Waals surface area contributed by atoms with E-state index in [0.717, 1.165) is 18.7 Å². The zero-order chi connectivity index (χ0) is 18.3. The number of aromatic nitrogens is 5. The molecular weight excluding hydrogens is 356 g/mol. The van der Waals surface area contributed by atoms with Crippen LogP contribution in [0.25, 0.3) is 4.96 Å². The molecule has 0 bridgehead atoms. The van der Waals surface area contributed by atoms with Crippen LogP contribution in [0.3, 0.4) is 0 Å². The van der Waals surface area contributed by atoms with Gasteiger partial charge >= 0.3 is 0 Å². The molecule has 0 atom stereocenters. The van der Waals surface area contributed by atoms with Crippen LogP contribution in [0.5, 0.6) is 0 Å². The Morgan fingerprint density at radius 3 is 2.96 bits per heavy atom.